The summed E-state index contributed by atoms with van der Waals surface area (Å²) in [5.41, 5.74) is 0.977. The maximum atomic E-state index is 11.9. The largest absolute Gasteiger partial charge is 0.474 e. The van der Waals surface area contributed by atoms with Gasteiger partial charge in [-0.15, -0.1) is 0 Å². The van der Waals surface area contributed by atoms with Crippen LogP contribution in [-0.2, 0) is 11.3 Å². The minimum absolute atomic E-state index is 0.118. The summed E-state index contributed by atoms with van der Waals surface area (Å²) in [6.45, 7) is 0.285. The first-order valence-electron chi connectivity index (χ1n) is 8.44. The molecule has 6 heteroatoms. The van der Waals surface area contributed by atoms with Crippen LogP contribution in [0, 0.1) is 0 Å². The van der Waals surface area contributed by atoms with Gasteiger partial charge in [0, 0.05) is 18.3 Å². The van der Waals surface area contributed by atoms with Gasteiger partial charge in [-0.05, 0) is 37.3 Å². The molecule has 0 unspecified atom stereocenters. The van der Waals surface area contributed by atoms with Crippen molar-refractivity contribution >= 4 is 17.7 Å². The van der Waals surface area contributed by atoms with E-state index >= 15 is 0 Å². The zero-order chi connectivity index (χ0) is 17.5. The second-order valence-corrected chi connectivity index (χ2v) is 6.55. The molecule has 25 heavy (non-hydrogen) atoms. The number of benzene rings is 1. The Bertz CT molecular complexity index is 671. The van der Waals surface area contributed by atoms with Crippen molar-refractivity contribution in [3.8, 4) is 5.88 Å². The molecule has 1 aliphatic carbocycles. The van der Waals surface area contributed by atoms with E-state index in [0.717, 1.165) is 31.2 Å². The first-order chi connectivity index (χ1) is 12.2. The number of carbonyl (C=O) groups is 1. The van der Waals surface area contributed by atoms with Crippen molar-refractivity contribution < 1.29 is 14.3 Å². The molecule has 1 heterocycles. The summed E-state index contributed by atoms with van der Waals surface area (Å²) < 4.78 is 11.1. The molecule has 0 saturated heterocycles. The zero-order valence-electron chi connectivity index (χ0n) is 13.9. The summed E-state index contributed by atoms with van der Waals surface area (Å²) in [6, 6.07) is 13.3. The molecule has 2 aromatic rings. The van der Waals surface area contributed by atoms with Gasteiger partial charge in [0.05, 0.1) is 5.02 Å². The number of hydrogen-bond acceptors (Lipinski definition) is 4. The first kappa shape index (κ1) is 17.5. The SMILES string of the molecule is O=C(NC1CCC(Oc2ccc(Cl)cn2)CC1)OCc1ccccc1. The lowest BCUT2D eigenvalue weighted by Gasteiger charge is -2.28. The lowest BCUT2D eigenvalue weighted by atomic mass is 9.93. The molecule has 0 bridgehead atoms. The number of ether oxygens (including phenoxy) is 2. The fourth-order valence-electron chi connectivity index (χ4n) is 2.86. The number of aromatic nitrogens is 1. The average Bonchev–Trinajstić information content (AvgIpc) is 2.64. The number of alkyl carbamates (subject to hydrolysis) is 1. The first-order valence-corrected chi connectivity index (χ1v) is 8.82. The summed E-state index contributed by atoms with van der Waals surface area (Å²) in [7, 11) is 0. The number of hydrogen-bond donors (Lipinski definition) is 1. The van der Waals surface area contributed by atoms with Gasteiger partial charge >= 0.3 is 6.09 Å². The molecular formula is C19H21ClN2O3. The number of nitrogens with one attached hydrogen (secondary N) is 1. The van der Waals surface area contributed by atoms with Crippen molar-refractivity contribution in [1.82, 2.24) is 10.3 Å². The molecule has 1 aromatic carbocycles. The van der Waals surface area contributed by atoms with Crippen LogP contribution < -0.4 is 10.1 Å². The van der Waals surface area contributed by atoms with Crippen molar-refractivity contribution in [2.24, 2.45) is 0 Å². The van der Waals surface area contributed by atoms with Gasteiger partial charge in [-0.3, -0.25) is 0 Å². The predicted octanol–water partition coefficient (Wildman–Crippen LogP) is 4.35. The molecule has 1 aromatic heterocycles. The van der Waals surface area contributed by atoms with Crippen LogP contribution in [0.4, 0.5) is 4.79 Å². The third kappa shape index (κ3) is 5.64. The molecule has 0 aliphatic heterocycles. The van der Waals surface area contributed by atoms with E-state index in [4.69, 9.17) is 21.1 Å². The van der Waals surface area contributed by atoms with Crippen molar-refractivity contribution in [2.45, 2.75) is 44.4 Å². The van der Waals surface area contributed by atoms with Gasteiger partial charge in [-0.1, -0.05) is 41.9 Å². The van der Waals surface area contributed by atoms with Crippen LogP contribution in [0.5, 0.6) is 5.88 Å². The van der Waals surface area contributed by atoms with E-state index in [2.05, 4.69) is 10.3 Å². The highest BCUT2D eigenvalue weighted by Gasteiger charge is 2.24. The Morgan fingerprint density at radius 1 is 1.12 bits per heavy atom. The average molecular weight is 361 g/mol. The van der Waals surface area contributed by atoms with Crippen LogP contribution in [0.3, 0.4) is 0 Å². The standard InChI is InChI=1S/C19H21ClN2O3/c20-15-6-11-18(21-12-15)25-17-9-7-16(8-10-17)22-19(23)24-13-14-4-2-1-3-5-14/h1-6,11-12,16-17H,7-10,13H2,(H,22,23). The number of amides is 1. The van der Waals surface area contributed by atoms with Crippen LogP contribution in [-0.4, -0.2) is 23.2 Å². The maximum absolute atomic E-state index is 11.9. The van der Waals surface area contributed by atoms with Gasteiger partial charge < -0.3 is 14.8 Å². The summed E-state index contributed by atoms with van der Waals surface area (Å²) in [5, 5.41) is 3.52. The molecule has 1 aliphatic rings. The Balaban J connectivity index is 1.37. The number of halogens is 1. The smallest absolute Gasteiger partial charge is 0.407 e. The second-order valence-electron chi connectivity index (χ2n) is 6.11. The molecule has 5 nitrogen and oxygen atoms in total. The van der Waals surface area contributed by atoms with Crippen LogP contribution in [0.25, 0.3) is 0 Å². The van der Waals surface area contributed by atoms with E-state index in [0.29, 0.717) is 10.9 Å². The van der Waals surface area contributed by atoms with Gasteiger partial charge in [0.15, 0.2) is 0 Å². The Kier molecular flexibility index (Phi) is 6.12. The topological polar surface area (TPSA) is 60.5 Å². The highest BCUT2D eigenvalue weighted by Crippen LogP contribution is 2.23. The van der Waals surface area contributed by atoms with Gasteiger partial charge in [0.2, 0.25) is 5.88 Å². The lowest BCUT2D eigenvalue weighted by Crippen LogP contribution is -2.40. The summed E-state index contributed by atoms with van der Waals surface area (Å²) >= 11 is 5.82. The Hall–Kier alpha value is -2.27. The van der Waals surface area contributed by atoms with E-state index in [1.54, 1.807) is 18.3 Å². The normalized spacial score (nSPS) is 19.9. The second kappa shape index (κ2) is 8.72. The van der Waals surface area contributed by atoms with Crippen LogP contribution in [0.15, 0.2) is 48.7 Å². The molecule has 1 amide bonds. The van der Waals surface area contributed by atoms with E-state index in [-0.39, 0.29) is 24.8 Å². The third-order valence-electron chi connectivity index (χ3n) is 4.20. The number of nitrogens with zero attached hydrogens (tertiary/aromatic N) is 1. The monoisotopic (exact) mass is 360 g/mol. The molecule has 132 valence electrons. The Labute approximate surface area is 152 Å². The van der Waals surface area contributed by atoms with Gasteiger partial charge in [0.1, 0.15) is 12.7 Å². The van der Waals surface area contributed by atoms with Crippen LogP contribution in [0.2, 0.25) is 5.02 Å². The molecule has 0 spiro atoms. The fourth-order valence-corrected chi connectivity index (χ4v) is 2.97. The number of rotatable bonds is 5. The van der Waals surface area contributed by atoms with Crippen molar-refractivity contribution in [3.05, 3.63) is 59.2 Å². The number of carbonyl (C=O) groups excluding carboxylic acids is 1. The maximum Gasteiger partial charge on any atom is 0.407 e. The Morgan fingerprint density at radius 2 is 1.88 bits per heavy atom. The molecular weight excluding hydrogens is 340 g/mol. The minimum atomic E-state index is -0.368. The highest BCUT2D eigenvalue weighted by molar-refractivity contribution is 6.30. The van der Waals surface area contributed by atoms with Crippen LogP contribution >= 0.6 is 11.6 Å². The zero-order valence-corrected chi connectivity index (χ0v) is 14.6. The number of pyridine rings is 1. The highest BCUT2D eigenvalue weighted by atomic mass is 35.5. The molecule has 0 radical (unpaired) electrons. The molecule has 1 N–H and O–H groups in total. The van der Waals surface area contributed by atoms with Crippen molar-refractivity contribution in [3.63, 3.8) is 0 Å². The van der Waals surface area contributed by atoms with Gasteiger partial charge in [0.25, 0.3) is 0 Å². The van der Waals surface area contributed by atoms with Gasteiger partial charge in [-0.2, -0.15) is 0 Å². The van der Waals surface area contributed by atoms with Crippen LogP contribution in [0.1, 0.15) is 31.2 Å². The minimum Gasteiger partial charge on any atom is -0.474 e. The molecule has 1 fully saturated rings. The fraction of sp³-hybridized carbons (Fsp3) is 0.368. The van der Waals surface area contributed by atoms with E-state index in [1.165, 1.54) is 0 Å². The van der Waals surface area contributed by atoms with E-state index in [1.807, 2.05) is 30.3 Å². The van der Waals surface area contributed by atoms with E-state index < -0.39 is 0 Å². The van der Waals surface area contributed by atoms with E-state index in [9.17, 15) is 4.79 Å². The summed E-state index contributed by atoms with van der Waals surface area (Å²) in [6.07, 6.45) is 4.78. The lowest BCUT2D eigenvalue weighted by molar-refractivity contribution is 0.114. The van der Waals surface area contributed by atoms with Crippen molar-refractivity contribution in [1.29, 1.82) is 0 Å². The molecule has 3 rings (SSSR count). The van der Waals surface area contributed by atoms with Gasteiger partial charge in [-0.25, -0.2) is 9.78 Å². The molecule has 0 atom stereocenters. The molecule has 1 saturated carbocycles. The predicted molar refractivity (Wildman–Crippen MR) is 95.7 cm³/mol. The third-order valence-corrected chi connectivity index (χ3v) is 4.42. The Morgan fingerprint density at radius 3 is 2.56 bits per heavy atom. The van der Waals surface area contributed by atoms with Crippen molar-refractivity contribution in [2.75, 3.05) is 0 Å². The summed E-state index contributed by atoms with van der Waals surface area (Å²) in [4.78, 5) is 16.1. The quantitative estimate of drug-likeness (QED) is 0.861. The summed E-state index contributed by atoms with van der Waals surface area (Å²) in [5.74, 6) is 0.586.